The Morgan fingerprint density at radius 3 is 2.26 bits per heavy atom. The van der Waals surface area contributed by atoms with Crippen LogP contribution >= 0.6 is 11.8 Å². The molecule has 2 aromatic carbocycles. The van der Waals surface area contributed by atoms with Gasteiger partial charge in [0.05, 0.1) is 10.1 Å². The van der Waals surface area contributed by atoms with Crippen LogP contribution in [0.4, 0.5) is 5.69 Å². The standard InChI is InChI=1S/C20H24N2O3S2/c1-16(26-18-8-4-2-5-9-18)20(23)21-17-10-12-19(13-11-17)27(24,25)22-14-6-3-7-15-22/h2,4-5,8-13,16H,3,6-7,14-15H2,1H3,(H,21,23)/t16-/m0/s1. The summed E-state index contributed by atoms with van der Waals surface area (Å²) < 4.78 is 26.9. The maximum absolute atomic E-state index is 12.7. The molecule has 1 heterocycles. The van der Waals surface area contributed by atoms with Gasteiger partial charge in [-0.3, -0.25) is 4.79 Å². The lowest BCUT2D eigenvalue weighted by Crippen LogP contribution is -2.35. The van der Waals surface area contributed by atoms with E-state index in [9.17, 15) is 13.2 Å². The Bertz CT molecular complexity index is 862. The van der Waals surface area contributed by atoms with E-state index in [0.29, 0.717) is 18.8 Å². The minimum absolute atomic E-state index is 0.115. The summed E-state index contributed by atoms with van der Waals surface area (Å²) in [5.74, 6) is -0.115. The van der Waals surface area contributed by atoms with Crippen molar-refractivity contribution in [3.63, 3.8) is 0 Å². The van der Waals surface area contributed by atoms with Gasteiger partial charge >= 0.3 is 0 Å². The van der Waals surface area contributed by atoms with E-state index in [-0.39, 0.29) is 16.1 Å². The number of anilines is 1. The minimum Gasteiger partial charge on any atom is -0.325 e. The first-order chi connectivity index (χ1) is 13.0. The quantitative estimate of drug-likeness (QED) is 0.740. The molecule has 0 spiro atoms. The molecule has 2 aromatic rings. The van der Waals surface area contributed by atoms with Crippen LogP contribution in [0.2, 0.25) is 0 Å². The Kier molecular flexibility index (Phi) is 6.57. The Morgan fingerprint density at radius 1 is 1.00 bits per heavy atom. The number of carbonyl (C=O) groups excluding carboxylic acids is 1. The predicted octanol–water partition coefficient (Wildman–Crippen LogP) is 3.98. The van der Waals surface area contributed by atoms with E-state index in [4.69, 9.17) is 0 Å². The maximum Gasteiger partial charge on any atom is 0.243 e. The van der Waals surface area contributed by atoms with Gasteiger partial charge in [-0.05, 0) is 56.2 Å². The molecule has 1 amide bonds. The fraction of sp³-hybridized carbons (Fsp3) is 0.350. The minimum atomic E-state index is -3.45. The molecular weight excluding hydrogens is 380 g/mol. The van der Waals surface area contributed by atoms with Gasteiger partial charge in [0, 0.05) is 23.7 Å². The molecular formula is C20H24N2O3S2. The Balaban J connectivity index is 1.62. The molecule has 144 valence electrons. The largest absolute Gasteiger partial charge is 0.325 e. The first-order valence-electron chi connectivity index (χ1n) is 9.09. The number of amides is 1. The van der Waals surface area contributed by atoms with Crippen LogP contribution in [0.1, 0.15) is 26.2 Å². The van der Waals surface area contributed by atoms with Crippen molar-refractivity contribution in [2.75, 3.05) is 18.4 Å². The predicted molar refractivity (Wildman–Crippen MR) is 109 cm³/mol. The first-order valence-corrected chi connectivity index (χ1v) is 11.4. The molecule has 7 heteroatoms. The van der Waals surface area contributed by atoms with E-state index in [1.54, 1.807) is 28.6 Å². The van der Waals surface area contributed by atoms with E-state index in [1.807, 2.05) is 37.3 Å². The highest BCUT2D eigenvalue weighted by molar-refractivity contribution is 8.00. The van der Waals surface area contributed by atoms with Gasteiger partial charge in [0.1, 0.15) is 0 Å². The van der Waals surface area contributed by atoms with Crippen molar-refractivity contribution in [2.45, 2.75) is 41.2 Å². The second kappa shape index (κ2) is 8.91. The zero-order chi connectivity index (χ0) is 19.3. The average Bonchev–Trinajstić information content (AvgIpc) is 2.70. The molecule has 1 aliphatic heterocycles. The van der Waals surface area contributed by atoms with Crippen LogP contribution in [0.15, 0.2) is 64.4 Å². The zero-order valence-electron chi connectivity index (χ0n) is 15.3. The normalized spacial score (nSPS) is 16.6. The SMILES string of the molecule is C[C@H](Sc1ccccc1)C(=O)Nc1ccc(S(=O)(=O)N2CCCCC2)cc1. The van der Waals surface area contributed by atoms with Crippen LogP contribution in [0, 0.1) is 0 Å². The monoisotopic (exact) mass is 404 g/mol. The molecule has 0 saturated carbocycles. The molecule has 0 bridgehead atoms. The summed E-state index contributed by atoms with van der Waals surface area (Å²) in [6.45, 7) is 3.01. The number of hydrogen-bond acceptors (Lipinski definition) is 4. The fourth-order valence-corrected chi connectivity index (χ4v) is 5.37. The number of benzene rings is 2. The fourth-order valence-electron chi connectivity index (χ4n) is 2.97. The van der Waals surface area contributed by atoms with E-state index < -0.39 is 10.0 Å². The van der Waals surface area contributed by atoms with Crippen LogP contribution in [0.5, 0.6) is 0 Å². The first kappa shape index (κ1) is 19.9. The van der Waals surface area contributed by atoms with Gasteiger partial charge in [0.15, 0.2) is 0 Å². The van der Waals surface area contributed by atoms with Crippen molar-refractivity contribution in [3.05, 3.63) is 54.6 Å². The van der Waals surface area contributed by atoms with Gasteiger partial charge in [0.25, 0.3) is 0 Å². The third-order valence-corrected chi connectivity index (χ3v) is 7.52. The molecule has 1 aliphatic rings. The number of rotatable bonds is 6. The van der Waals surface area contributed by atoms with E-state index in [2.05, 4.69) is 5.32 Å². The Morgan fingerprint density at radius 2 is 1.63 bits per heavy atom. The summed E-state index contributed by atoms with van der Waals surface area (Å²) in [7, 11) is -3.45. The number of nitrogens with zero attached hydrogens (tertiary/aromatic N) is 1. The summed E-state index contributed by atoms with van der Waals surface area (Å²) in [6, 6.07) is 16.2. The highest BCUT2D eigenvalue weighted by atomic mass is 32.2. The molecule has 27 heavy (non-hydrogen) atoms. The van der Waals surface area contributed by atoms with Gasteiger partial charge in [-0.1, -0.05) is 24.6 Å². The van der Waals surface area contributed by atoms with Crippen LogP contribution in [0.25, 0.3) is 0 Å². The molecule has 5 nitrogen and oxygen atoms in total. The number of hydrogen-bond donors (Lipinski definition) is 1. The second-order valence-electron chi connectivity index (χ2n) is 6.55. The summed E-state index contributed by atoms with van der Waals surface area (Å²) in [6.07, 6.45) is 2.89. The van der Waals surface area contributed by atoms with Crippen molar-refractivity contribution >= 4 is 33.4 Å². The molecule has 0 radical (unpaired) electrons. The summed E-state index contributed by atoms with van der Waals surface area (Å²) >= 11 is 1.48. The van der Waals surface area contributed by atoms with Crippen LogP contribution in [0.3, 0.4) is 0 Å². The highest BCUT2D eigenvalue weighted by Crippen LogP contribution is 2.25. The molecule has 0 unspecified atom stereocenters. The van der Waals surface area contributed by atoms with Gasteiger partial charge in [-0.15, -0.1) is 11.8 Å². The van der Waals surface area contributed by atoms with Crippen molar-refractivity contribution in [3.8, 4) is 0 Å². The molecule has 1 N–H and O–H groups in total. The number of piperidine rings is 1. The van der Waals surface area contributed by atoms with Gasteiger partial charge < -0.3 is 5.32 Å². The third-order valence-electron chi connectivity index (χ3n) is 4.50. The number of carbonyl (C=O) groups is 1. The molecule has 1 saturated heterocycles. The molecule has 3 rings (SSSR count). The van der Waals surface area contributed by atoms with Crippen molar-refractivity contribution in [2.24, 2.45) is 0 Å². The lowest BCUT2D eigenvalue weighted by molar-refractivity contribution is -0.115. The van der Waals surface area contributed by atoms with Gasteiger partial charge in [0.2, 0.25) is 15.9 Å². The average molecular weight is 405 g/mol. The Hall–Kier alpha value is -1.83. The highest BCUT2D eigenvalue weighted by Gasteiger charge is 2.25. The van der Waals surface area contributed by atoms with Crippen molar-refractivity contribution in [1.29, 1.82) is 0 Å². The zero-order valence-corrected chi connectivity index (χ0v) is 16.9. The van der Waals surface area contributed by atoms with Gasteiger partial charge in [-0.25, -0.2) is 8.42 Å². The van der Waals surface area contributed by atoms with Crippen LogP contribution < -0.4 is 5.32 Å². The maximum atomic E-state index is 12.7. The lowest BCUT2D eigenvalue weighted by Gasteiger charge is -2.25. The van der Waals surface area contributed by atoms with Gasteiger partial charge in [-0.2, -0.15) is 4.31 Å². The molecule has 1 atom stereocenters. The molecule has 1 fully saturated rings. The number of thioether (sulfide) groups is 1. The van der Waals surface area contributed by atoms with E-state index >= 15 is 0 Å². The Labute approximate surface area is 165 Å². The van der Waals surface area contributed by atoms with E-state index in [1.165, 1.54) is 11.8 Å². The van der Waals surface area contributed by atoms with Crippen molar-refractivity contribution in [1.82, 2.24) is 4.31 Å². The third kappa shape index (κ3) is 5.12. The lowest BCUT2D eigenvalue weighted by atomic mass is 10.2. The smallest absolute Gasteiger partial charge is 0.243 e. The second-order valence-corrected chi connectivity index (χ2v) is 9.90. The van der Waals surface area contributed by atoms with Crippen LogP contribution in [-0.4, -0.2) is 37.0 Å². The van der Waals surface area contributed by atoms with E-state index in [0.717, 1.165) is 24.2 Å². The summed E-state index contributed by atoms with van der Waals surface area (Å²) in [5, 5.41) is 2.59. The molecule has 0 aromatic heterocycles. The molecule has 0 aliphatic carbocycles. The number of sulfonamides is 1. The van der Waals surface area contributed by atoms with Crippen molar-refractivity contribution < 1.29 is 13.2 Å². The summed E-state index contributed by atoms with van der Waals surface area (Å²) in [5.41, 5.74) is 0.595. The topological polar surface area (TPSA) is 66.5 Å². The summed E-state index contributed by atoms with van der Waals surface area (Å²) in [4.78, 5) is 13.7. The van der Waals surface area contributed by atoms with Crippen LogP contribution in [-0.2, 0) is 14.8 Å². The number of nitrogens with one attached hydrogen (secondary N) is 1.